The molecule has 1 saturated heterocycles. The molecule has 0 saturated carbocycles. The average Bonchev–Trinajstić information content (AvgIpc) is 3.09. The first-order valence-electron chi connectivity index (χ1n) is 8.91. The van der Waals surface area contributed by atoms with Gasteiger partial charge in [0, 0.05) is 37.4 Å². The summed E-state index contributed by atoms with van der Waals surface area (Å²) >= 11 is 0. The molecular formula is C19H22N6O. The highest BCUT2D eigenvalue weighted by Gasteiger charge is 2.27. The summed E-state index contributed by atoms with van der Waals surface area (Å²) in [4.78, 5) is 27.8. The van der Waals surface area contributed by atoms with Crippen molar-refractivity contribution < 1.29 is 4.79 Å². The first-order chi connectivity index (χ1) is 12.6. The third kappa shape index (κ3) is 3.12. The molecule has 0 radical (unpaired) electrons. The third-order valence-corrected chi connectivity index (χ3v) is 5.01. The van der Waals surface area contributed by atoms with Crippen LogP contribution < -0.4 is 5.73 Å². The topological polar surface area (TPSA) is 89.4 Å². The Labute approximate surface area is 151 Å². The number of hydrogen-bond donors (Lipinski definition) is 1. The summed E-state index contributed by atoms with van der Waals surface area (Å²) < 4.78 is 1.95. The quantitative estimate of drug-likeness (QED) is 0.781. The number of amides is 1. The molecule has 26 heavy (non-hydrogen) atoms. The van der Waals surface area contributed by atoms with Crippen LogP contribution in [0.25, 0.3) is 5.65 Å². The van der Waals surface area contributed by atoms with Gasteiger partial charge < -0.3 is 15.0 Å². The van der Waals surface area contributed by atoms with Gasteiger partial charge in [0.2, 0.25) is 0 Å². The second-order valence-corrected chi connectivity index (χ2v) is 6.87. The minimum absolute atomic E-state index is 0.00934. The van der Waals surface area contributed by atoms with E-state index in [4.69, 9.17) is 5.73 Å². The second kappa shape index (κ2) is 6.74. The number of nitrogens with two attached hydrogens (primary N) is 1. The second-order valence-electron chi connectivity index (χ2n) is 6.87. The zero-order valence-corrected chi connectivity index (χ0v) is 14.8. The monoisotopic (exact) mass is 350 g/mol. The SMILES string of the molecule is Cc1cccc2nc(C(=O)N3CCCC(Cc4nccnc4N)C3)cn12. The number of likely N-dealkylation sites (tertiary alicyclic amines) is 1. The van der Waals surface area contributed by atoms with Crippen LogP contribution in [0, 0.1) is 12.8 Å². The van der Waals surface area contributed by atoms with Crippen LogP contribution in [-0.2, 0) is 6.42 Å². The van der Waals surface area contributed by atoms with Crippen molar-refractivity contribution in [3.05, 3.63) is 53.9 Å². The average molecular weight is 350 g/mol. The lowest BCUT2D eigenvalue weighted by molar-refractivity contribution is 0.0667. The van der Waals surface area contributed by atoms with Crippen LogP contribution in [0.15, 0.2) is 36.8 Å². The summed E-state index contributed by atoms with van der Waals surface area (Å²) in [5, 5.41) is 0. The van der Waals surface area contributed by atoms with Crippen molar-refractivity contribution in [1.82, 2.24) is 24.3 Å². The molecule has 134 valence electrons. The molecule has 0 aliphatic carbocycles. The highest BCUT2D eigenvalue weighted by Crippen LogP contribution is 2.23. The van der Waals surface area contributed by atoms with E-state index in [0.717, 1.165) is 42.8 Å². The van der Waals surface area contributed by atoms with Crippen molar-refractivity contribution in [1.29, 1.82) is 0 Å². The van der Waals surface area contributed by atoms with E-state index in [-0.39, 0.29) is 5.91 Å². The molecule has 1 atom stereocenters. The van der Waals surface area contributed by atoms with E-state index in [1.165, 1.54) is 0 Å². The van der Waals surface area contributed by atoms with Crippen LogP contribution in [0.5, 0.6) is 0 Å². The van der Waals surface area contributed by atoms with Gasteiger partial charge in [0.05, 0.1) is 5.69 Å². The number of fused-ring (bicyclic) bond motifs is 1. The maximum absolute atomic E-state index is 12.9. The van der Waals surface area contributed by atoms with E-state index >= 15 is 0 Å². The van der Waals surface area contributed by atoms with Crippen molar-refractivity contribution in [3.63, 3.8) is 0 Å². The molecule has 0 bridgehead atoms. The van der Waals surface area contributed by atoms with E-state index in [2.05, 4.69) is 15.0 Å². The molecule has 2 N–H and O–H groups in total. The summed E-state index contributed by atoms with van der Waals surface area (Å²) in [6.07, 6.45) is 7.87. The van der Waals surface area contributed by atoms with Crippen molar-refractivity contribution in [2.75, 3.05) is 18.8 Å². The van der Waals surface area contributed by atoms with E-state index in [1.807, 2.05) is 40.6 Å². The van der Waals surface area contributed by atoms with Gasteiger partial charge in [-0.15, -0.1) is 0 Å². The Morgan fingerprint density at radius 1 is 1.31 bits per heavy atom. The normalized spacial score (nSPS) is 17.6. The summed E-state index contributed by atoms with van der Waals surface area (Å²) in [6, 6.07) is 5.87. The number of carbonyl (C=O) groups excluding carboxylic acids is 1. The minimum Gasteiger partial charge on any atom is -0.382 e. The number of nitrogens with zero attached hydrogens (tertiary/aromatic N) is 5. The number of anilines is 1. The minimum atomic E-state index is -0.00934. The first-order valence-corrected chi connectivity index (χ1v) is 8.91. The molecule has 1 unspecified atom stereocenters. The largest absolute Gasteiger partial charge is 0.382 e. The Kier molecular flexibility index (Phi) is 4.28. The van der Waals surface area contributed by atoms with Crippen LogP contribution in [0.1, 0.15) is 34.7 Å². The lowest BCUT2D eigenvalue weighted by atomic mass is 9.93. The molecule has 3 aromatic rings. The highest BCUT2D eigenvalue weighted by molar-refractivity contribution is 5.93. The van der Waals surface area contributed by atoms with E-state index in [0.29, 0.717) is 24.0 Å². The number of carbonyl (C=O) groups is 1. The molecule has 4 heterocycles. The fourth-order valence-corrected chi connectivity index (χ4v) is 3.64. The fraction of sp³-hybridized carbons (Fsp3) is 0.368. The Morgan fingerprint density at radius 2 is 2.15 bits per heavy atom. The number of aryl methyl sites for hydroxylation is 1. The van der Waals surface area contributed by atoms with Crippen LogP contribution in [0.2, 0.25) is 0 Å². The predicted octanol–water partition coefficient (Wildman–Crippen LogP) is 2.11. The molecular weight excluding hydrogens is 328 g/mol. The lowest BCUT2D eigenvalue weighted by Gasteiger charge is -2.32. The molecule has 3 aromatic heterocycles. The van der Waals surface area contributed by atoms with Crippen LogP contribution in [0.4, 0.5) is 5.82 Å². The molecule has 1 amide bonds. The molecule has 1 fully saturated rings. The number of aromatic nitrogens is 4. The number of rotatable bonds is 3. The third-order valence-electron chi connectivity index (χ3n) is 5.01. The van der Waals surface area contributed by atoms with Crippen molar-refractivity contribution in [2.45, 2.75) is 26.2 Å². The van der Waals surface area contributed by atoms with Gasteiger partial charge in [0.1, 0.15) is 17.2 Å². The summed E-state index contributed by atoms with van der Waals surface area (Å²) in [5.74, 6) is 0.808. The maximum atomic E-state index is 12.9. The van der Waals surface area contributed by atoms with Crippen molar-refractivity contribution >= 4 is 17.4 Å². The van der Waals surface area contributed by atoms with Crippen LogP contribution >= 0.6 is 0 Å². The number of imidazole rings is 1. The van der Waals surface area contributed by atoms with E-state index in [9.17, 15) is 4.79 Å². The molecule has 0 aromatic carbocycles. The Bertz CT molecular complexity index is 950. The summed E-state index contributed by atoms with van der Waals surface area (Å²) in [6.45, 7) is 3.46. The summed E-state index contributed by atoms with van der Waals surface area (Å²) in [5.41, 5.74) is 9.09. The van der Waals surface area contributed by atoms with Crippen molar-refractivity contribution in [3.8, 4) is 0 Å². The fourth-order valence-electron chi connectivity index (χ4n) is 3.64. The molecule has 1 aliphatic rings. The Hall–Kier alpha value is -2.96. The zero-order chi connectivity index (χ0) is 18.1. The molecule has 7 heteroatoms. The standard InChI is InChI=1S/C19H22N6O/c1-13-4-2-6-17-23-16(12-25(13)17)19(26)24-9-3-5-14(11-24)10-15-18(20)22-8-7-21-15/h2,4,6-8,12,14H,3,5,9-11H2,1H3,(H2,20,22). The highest BCUT2D eigenvalue weighted by atomic mass is 16.2. The number of nitrogen functional groups attached to an aromatic ring is 1. The van der Waals surface area contributed by atoms with E-state index in [1.54, 1.807) is 12.4 Å². The number of piperidine rings is 1. The number of pyridine rings is 1. The van der Waals surface area contributed by atoms with E-state index < -0.39 is 0 Å². The van der Waals surface area contributed by atoms with Gasteiger partial charge >= 0.3 is 0 Å². The lowest BCUT2D eigenvalue weighted by Crippen LogP contribution is -2.40. The molecule has 7 nitrogen and oxygen atoms in total. The van der Waals surface area contributed by atoms with Gasteiger partial charge in [0.25, 0.3) is 5.91 Å². The molecule has 0 spiro atoms. The van der Waals surface area contributed by atoms with Gasteiger partial charge in [-0.05, 0) is 44.2 Å². The number of hydrogen-bond acceptors (Lipinski definition) is 5. The van der Waals surface area contributed by atoms with Gasteiger partial charge in [-0.3, -0.25) is 9.78 Å². The first kappa shape index (κ1) is 16.5. The Balaban J connectivity index is 1.50. The Morgan fingerprint density at radius 3 is 2.96 bits per heavy atom. The smallest absolute Gasteiger partial charge is 0.274 e. The van der Waals surface area contributed by atoms with Gasteiger partial charge in [-0.1, -0.05) is 6.07 Å². The van der Waals surface area contributed by atoms with Crippen molar-refractivity contribution in [2.24, 2.45) is 5.92 Å². The maximum Gasteiger partial charge on any atom is 0.274 e. The van der Waals surface area contributed by atoms with Gasteiger partial charge in [-0.25, -0.2) is 9.97 Å². The van der Waals surface area contributed by atoms with Crippen LogP contribution in [-0.4, -0.2) is 43.2 Å². The van der Waals surface area contributed by atoms with Gasteiger partial charge in [0.15, 0.2) is 0 Å². The van der Waals surface area contributed by atoms with Crippen LogP contribution in [0.3, 0.4) is 0 Å². The molecule has 4 rings (SSSR count). The van der Waals surface area contributed by atoms with Gasteiger partial charge in [-0.2, -0.15) is 0 Å². The zero-order valence-electron chi connectivity index (χ0n) is 14.8. The molecule has 1 aliphatic heterocycles. The summed E-state index contributed by atoms with van der Waals surface area (Å²) in [7, 11) is 0. The predicted molar refractivity (Wildman–Crippen MR) is 98.7 cm³/mol.